The Morgan fingerprint density at radius 2 is 1.62 bits per heavy atom. The van der Waals surface area contributed by atoms with Crippen molar-refractivity contribution in [2.45, 2.75) is 25.9 Å². The smallest absolute Gasteiger partial charge is 0.265 e. The minimum atomic E-state index is -1.07. The summed E-state index contributed by atoms with van der Waals surface area (Å²) in [4.78, 5) is 25.7. The molecular weight excluding hydrogens is 372 g/mol. The van der Waals surface area contributed by atoms with Crippen LogP contribution in [-0.2, 0) is 11.2 Å². The van der Waals surface area contributed by atoms with E-state index in [1.165, 1.54) is 0 Å². The zero-order valence-electron chi connectivity index (χ0n) is 17.5. The zero-order chi connectivity index (χ0) is 21.6. The van der Waals surface area contributed by atoms with Crippen molar-refractivity contribution in [1.29, 1.82) is 0 Å². The molecule has 2 rings (SSSR count). The van der Waals surface area contributed by atoms with Gasteiger partial charge in [-0.3, -0.25) is 9.59 Å². The van der Waals surface area contributed by atoms with Gasteiger partial charge in [0.25, 0.3) is 5.91 Å². The van der Waals surface area contributed by atoms with Gasteiger partial charge in [0.2, 0.25) is 5.91 Å². The molecule has 0 aliphatic heterocycles. The predicted molar refractivity (Wildman–Crippen MR) is 111 cm³/mol. The molecule has 7 heteroatoms. The lowest BCUT2D eigenvalue weighted by Crippen LogP contribution is -2.47. The van der Waals surface area contributed by atoms with Crippen molar-refractivity contribution in [3.63, 3.8) is 0 Å². The van der Waals surface area contributed by atoms with Crippen LogP contribution in [0.2, 0.25) is 0 Å². The molecule has 0 atom stereocenters. The summed E-state index contributed by atoms with van der Waals surface area (Å²) in [7, 11) is 4.92. The molecule has 7 nitrogen and oxygen atoms in total. The molecule has 0 radical (unpaired) electrons. The van der Waals surface area contributed by atoms with Gasteiger partial charge in [0.05, 0.1) is 14.2 Å². The fraction of sp³-hybridized carbons (Fsp3) is 0.364. The third-order valence-corrected chi connectivity index (χ3v) is 4.56. The Hall–Kier alpha value is -3.22. The summed E-state index contributed by atoms with van der Waals surface area (Å²) in [5, 5.41) is 0. The number of methoxy groups -OCH3 is 2. The van der Waals surface area contributed by atoms with Crippen molar-refractivity contribution in [1.82, 2.24) is 4.90 Å². The van der Waals surface area contributed by atoms with Crippen LogP contribution in [0.15, 0.2) is 42.5 Å². The molecule has 2 amide bonds. The van der Waals surface area contributed by atoms with Gasteiger partial charge in [0, 0.05) is 19.2 Å². The van der Waals surface area contributed by atoms with Crippen LogP contribution in [0.1, 0.15) is 29.8 Å². The number of nitrogens with two attached hydrogens (primary N) is 1. The Morgan fingerprint density at radius 1 is 1.00 bits per heavy atom. The molecule has 0 aliphatic rings. The molecule has 0 aromatic heterocycles. The highest BCUT2D eigenvalue weighted by atomic mass is 16.5. The highest BCUT2D eigenvalue weighted by Crippen LogP contribution is 2.28. The van der Waals surface area contributed by atoms with Gasteiger partial charge in [-0.1, -0.05) is 6.07 Å². The summed E-state index contributed by atoms with van der Waals surface area (Å²) in [6, 6.07) is 12.1. The second kappa shape index (κ2) is 9.32. The summed E-state index contributed by atoms with van der Waals surface area (Å²) >= 11 is 0. The van der Waals surface area contributed by atoms with E-state index in [9.17, 15) is 9.59 Å². The summed E-state index contributed by atoms with van der Waals surface area (Å²) in [5.74, 6) is 1.14. The van der Waals surface area contributed by atoms with Crippen molar-refractivity contribution in [3.05, 3.63) is 53.6 Å². The molecule has 2 aromatic rings. The number of likely N-dealkylation sites (N-methyl/N-ethyl adjacent to an activating group) is 1. The van der Waals surface area contributed by atoms with E-state index in [0.29, 0.717) is 35.8 Å². The molecule has 0 heterocycles. The summed E-state index contributed by atoms with van der Waals surface area (Å²) in [6.45, 7) is 3.94. The van der Waals surface area contributed by atoms with Crippen molar-refractivity contribution in [3.8, 4) is 17.2 Å². The number of ether oxygens (including phenoxy) is 3. The molecule has 29 heavy (non-hydrogen) atoms. The predicted octanol–water partition coefficient (Wildman–Crippen LogP) is 2.66. The Balaban J connectivity index is 1.99. The molecule has 156 valence electrons. The number of nitrogens with zero attached hydrogens (tertiary/aromatic N) is 1. The monoisotopic (exact) mass is 400 g/mol. The zero-order valence-corrected chi connectivity index (χ0v) is 17.5. The Bertz CT molecular complexity index is 862. The first-order valence-corrected chi connectivity index (χ1v) is 9.23. The number of rotatable bonds is 9. The normalized spacial score (nSPS) is 10.9. The number of benzene rings is 2. The van der Waals surface area contributed by atoms with Gasteiger partial charge in [-0.2, -0.15) is 0 Å². The standard InChI is InChI=1S/C22H28N2O5/c1-22(2,29-17-9-7-16(8-10-17)20(23)25)21(26)24(3)13-12-15-6-11-18(27-4)19(14-15)28-5/h6-11,14H,12-13H2,1-5H3,(H2,23,25). The largest absolute Gasteiger partial charge is 0.493 e. The third kappa shape index (κ3) is 5.63. The minimum absolute atomic E-state index is 0.156. The number of primary amides is 1. The SMILES string of the molecule is COc1ccc(CCN(C)C(=O)C(C)(C)Oc2ccc(C(N)=O)cc2)cc1OC. The van der Waals surface area contributed by atoms with E-state index < -0.39 is 11.5 Å². The van der Waals surface area contributed by atoms with Crippen molar-refractivity contribution in [2.75, 3.05) is 27.8 Å². The van der Waals surface area contributed by atoms with Gasteiger partial charge in [-0.05, 0) is 62.2 Å². The lowest BCUT2D eigenvalue weighted by molar-refractivity contribution is -0.144. The maximum absolute atomic E-state index is 12.9. The van der Waals surface area contributed by atoms with E-state index in [4.69, 9.17) is 19.9 Å². The summed E-state index contributed by atoms with van der Waals surface area (Å²) in [5.41, 5.74) is 5.58. The van der Waals surface area contributed by atoms with Crippen LogP contribution < -0.4 is 19.9 Å². The quantitative estimate of drug-likeness (QED) is 0.699. The van der Waals surface area contributed by atoms with Crippen LogP contribution in [0, 0.1) is 0 Å². The van der Waals surface area contributed by atoms with E-state index in [2.05, 4.69) is 0 Å². The van der Waals surface area contributed by atoms with E-state index in [-0.39, 0.29) is 5.91 Å². The summed E-state index contributed by atoms with van der Waals surface area (Å²) in [6.07, 6.45) is 0.659. The van der Waals surface area contributed by atoms with E-state index >= 15 is 0 Å². The maximum Gasteiger partial charge on any atom is 0.265 e. The fourth-order valence-corrected chi connectivity index (χ4v) is 2.92. The molecule has 0 saturated carbocycles. The molecule has 0 unspecified atom stereocenters. The van der Waals surface area contributed by atoms with Crippen molar-refractivity contribution < 1.29 is 23.8 Å². The van der Waals surface area contributed by atoms with Crippen LogP contribution in [0.5, 0.6) is 17.2 Å². The van der Waals surface area contributed by atoms with Crippen LogP contribution in [-0.4, -0.2) is 50.1 Å². The van der Waals surface area contributed by atoms with Gasteiger partial charge in [0.15, 0.2) is 17.1 Å². The lowest BCUT2D eigenvalue weighted by Gasteiger charge is -2.30. The number of hydrogen-bond acceptors (Lipinski definition) is 5. The van der Waals surface area contributed by atoms with E-state index in [1.54, 1.807) is 64.3 Å². The minimum Gasteiger partial charge on any atom is -0.493 e. The first-order valence-electron chi connectivity index (χ1n) is 9.23. The molecule has 0 bridgehead atoms. The first kappa shape index (κ1) is 22.1. The maximum atomic E-state index is 12.9. The van der Waals surface area contributed by atoms with E-state index in [1.807, 2.05) is 18.2 Å². The molecule has 0 aliphatic carbocycles. The first-order chi connectivity index (χ1) is 13.7. The van der Waals surface area contributed by atoms with Crippen LogP contribution in [0.25, 0.3) is 0 Å². The van der Waals surface area contributed by atoms with Gasteiger partial charge in [0.1, 0.15) is 5.75 Å². The highest BCUT2D eigenvalue weighted by Gasteiger charge is 2.32. The van der Waals surface area contributed by atoms with Crippen LogP contribution in [0.4, 0.5) is 0 Å². The summed E-state index contributed by atoms with van der Waals surface area (Å²) < 4.78 is 16.4. The Morgan fingerprint density at radius 3 is 2.17 bits per heavy atom. The van der Waals surface area contributed by atoms with Gasteiger partial charge < -0.3 is 24.8 Å². The van der Waals surface area contributed by atoms with Gasteiger partial charge >= 0.3 is 0 Å². The van der Waals surface area contributed by atoms with Crippen molar-refractivity contribution in [2.24, 2.45) is 5.73 Å². The second-order valence-corrected chi connectivity index (χ2v) is 7.17. The number of carbonyl (C=O) groups is 2. The second-order valence-electron chi connectivity index (χ2n) is 7.17. The average molecular weight is 400 g/mol. The fourth-order valence-electron chi connectivity index (χ4n) is 2.92. The lowest BCUT2D eigenvalue weighted by atomic mass is 10.1. The Kier molecular flexibility index (Phi) is 7.09. The van der Waals surface area contributed by atoms with Gasteiger partial charge in [-0.15, -0.1) is 0 Å². The third-order valence-electron chi connectivity index (χ3n) is 4.56. The topological polar surface area (TPSA) is 91.1 Å². The van der Waals surface area contributed by atoms with Crippen LogP contribution >= 0.6 is 0 Å². The average Bonchev–Trinajstić information content (AvgIpc) is 2.71. The van der Waals surface area contributed by atoms with E-state index in [0.717, 1.165) is 5.56 Å². The van der Waals surface area contributed by atoms with Crippen molar-refractivity contribution >= 4 is 11.8 Å². The number of carbonyl (C=O) groups excluding carboxylic acids is 2. The molecule has 2 N–H and O–H groups in total. The molecule has 0 saturated heterocycles. The number of hydrogen-bond donors (Lipinski definition) is 1. The number of amides is 2. The molecule has 0 spiro atoms. The van der Waals surface area contributed by atoms with Crippen LogP contribution in [0.3, 0.4) is 0 Å². The Labute approximate surface area is 171 Å². The molecule has 2 aromatic carbocycles. The molecular formula is C22H28N2O5. The molecule has 0 fully saturated rings. The highest BCUT2D eigenvalue weighted by molar-refractivity contribution is 5.92. The van der Waals surface area contributed by atoms with Gasteiger partial charge in [-0.25, -0.2) is 0 Å².